The molecule has 19 heavy (non-hydrogen) atoms. The first kappa shape index (κ1) is 12.2. The molecule has 1 N–H and O–H groups in total. The van der Waals surface area contributed by atoms with Crippen LogP contribution in [0.4, 0.5) is 5.69 Å². The number of halogens is 1. The van der Waals surface area contributed by atoms with Crippen LogP contribution in [0.25, 0.3) is 0 Å². The van der Waals surface area contributed by atoms with Gasteiger partial charge >= 0.3 is 0 Å². The maximum absolute atomic E-state index is 12.0. The summed E-state index contributed by atoms with van der Waals surface area (Å²) in [6.07, 6.45) is -0.581. The molecule has 1 saturated heterocycles. The smallest absolute Gasteiger partial charge is 0.256 e. The number of anilines is 1. The van der Waals surface area contributed by atoms with Gasteiger partial charge in [-0.2, -0.15) is 0 Å². The first-order valence-electron chi connectivity index (χ1n) is 6.01. The Kier molecular flexibility index (Phi) is 3.23. The minimum absolute atomic E-state index is 0.119. The van der Waals surface area contributed by atoms with Crippen molar-refractivity contribution in [2.75, 3.05) is 5.32 Å². The molecule has 3 nitrogen and oxygen atoms in total. The monoisotopic (exact) mass is 273 g/mol. The molecule has 3 rings (SSSR count). The van der Waals surface area contributed by atoms with Crippen LogP contribution < -0.4 is 5.32 Å². The zero-order chi connectivity index (χ0) is 13.2. The molecular formula is C15H12ClNO2. The summed E-state index contributed by atoms with van der Waals surface area (Å²) in [4.78, 5) is 12.0. The van der Waals surface area contributed by atoms with Crippen molar-refractivity contribution >= 4 is 23.2 Å². The fraction of sp³-hybridized carbons (Fsp3) is 0.133. The molecule has 0 bridgehead atoms. The predicted molar refractivity (Wildman–Crippen MR) is 74.1 cm³/mol. The first-order chi connectivity index (χ1) is 9.24. The lowest BCUT2D eigenvalue weighted by Gasteiger charge is -2.02. The number of rotatable bonds is 3. The maximum atomic E-state index is 12.0. The number of carbonyl (C=O) groups excluding carboxylic acids is 1. The molecule has 4 heteroatoms. The SMILES string of the molecule is O=C(Nc1ccccc1)[C@H]1O[C@@H]1c1ccc(Cl)cc1. The van der Waals surface area contributed by atoms with Crippen LogP contribution in [-0.4, -0.2) is 12.0 Å². The number of nitrogens with one attached hydrogen (secondary N) is 1. The molecular weight excluding hydrogens is 262 g/mol. The Hall–Kier alpha value is -1.84. The summed E-state index contributed by atoms with van der Waals surface area (Å²) < 4.78 is 5.42. The van der Waals surface area contributed by atoms with Crippen LogP contribution in [0.5, 0.6) is 0 Å². The number of carbonyl (C=O) groups is 1. The quantitative estimate of drug-likeness (QED) is 0.871. The second-order valence-corrected chi connectivity index (χ2v) is 4.82. The standard InChI is InChI=1S/C15H12ClNO2/c16-11-8-6-10(7-9-11)13-14(19-13)15(18)17-12-4-2-1-3-5-12/h1-9,13-14H,(H,17,18)/t13-,14+/m1/s1. The van der Waals surface area contributed by atoms with E-state index in [1.54, 1.807) is 12.1 Å². The molecule has 2 atom stereocenters. The van der Waals surface area contributed by atoms with E-state index in [-0.39, 0.29) is 12.0 Å². The minimum Gasteiger partial charge on any atom is -0.354 e. The van der Waals surface area contributed by atoms with Gasteiger partial charge in [-0.15, -0.1) is 0 Å². The molecule has 0 radical (unpaired) electrons. The molecule has 0 spiro atoms. The lowest BCUT2D eigenvalue weighted by molar-refractivity contribution is -0.117. The molecule has 1 aliphatic heterocycles. The van der Waals surface area contributed by atoms with Gasteiger partial charge in [0.1, 0.15) is 6.10 Å². The highest BCUT2D eigenvalue weighted by molar-refractivity contribution is 6.30. The third kappa shape index (κ3) is 2.78. The number of benzene rings is 2. The highest BCUT2D eigenvalue weighted by atomic mass is 35.5. The zero-order valence-corrected chi connectivity index (χ0v) is 10.8. The Labute approximate surface area is 116 Å². The molecule has 1 aliphatic rings. The highest BCUT2D eigenvalue weighted by Crippen LogP contribution is 2.39. The van der Waals surface area contributed by atoms with Crippen LogP contribution in [0.2, 0.25) is 5.02 Å². The van der Waals surface area contributed by atoms with Gasteiger partial charge < -0.3 is 10.1 Å². The Bertz CT molecular complexity index is 583. The molecule has 96 valence electrons. The van der Waals surface area contributed by atoms with E-state index < -0.39 is 6.10 Å². The summed E-state index contributed by atoms with van der Waals surface area (Å²) in [6.45, 7) is 0. The van der Waals surface area contributed by atoms with E-state index in [1.165, 1.54) is 0 Å². The average molecular weight is 274 g/mol. The van der Waals surface area contributed by atoms with Gasteiger partial charge in [-0.05, 0) is 29.8 Å². The second kappa shape index (κ2) is 5.03. The number of hydrogen-bond acceptors (Lipinski definition) is 2. The number of para-hydroxylation sites is 1. The number of amides is 1. The summed E-state index contributed by atoms with van der Waals surface area (Å²) >= 11 is 5.82. The van der Waals surface area contributed by atoms with E-state index in [0.717, 1.165) is 11.3 Å². The van der Waals surface area contributed by atoms with E-state index in [4.69, 9.17) is 16.3 Å². The van der Waals surface area contributed by atoms with Crippen molar-refractivity contribution in [3.8, 4) is 0 Å². The molecule has 0 aromatic heterocycles. The van der Waals surface area contributed by atoms with Crippen molar-refractivity contribution in [1.82, 2.24) is 0 Å². The molecule has 2 aromatic carbocycles. The summed E-state index contributed by atoms with van der Waals surface area (Å²) in [5.41, 5.74) is 1.75. The third-order valence-corrected chi connectivity index (χ3v) is 3.24. The molecule has 2 aromatic rings. The second-order valence-electron chi connectivity index (χ2n) is 4.38. The van der Waals surface area contributed by atoms with Gasteiger partial charge in [-0.3, -0.25) is 4.79 Å². The lowest BCUT2D eigenvalue weighted by Crippen LogP contribution is -2.18. The average Bonchev–Trinajstić information content (AvgIpc) is 3.21. The zero-order valence-electron chi connectivity index (χ0n) is 10.0. The van der Waals surface area contributed by atoms with E-state index in [1.807, 2.05) is 42.5 Å². The normalized spacial score (nSPS) is 20.9. The lowest BCUT2D eigenvalue weighted by atomic mass is 10.1. The van der Waals surface area contributed by atoms with Crippen LogP contribution in [0.3, 0.4) is 0 Å². The Morgan fingerprint density at radius 2 is 1.74 bits per heavy atom. The van der Waals surface area contributed by atoms with Crippen molar-refractivity contribution in [3.63, 3.8) is 0 Å². The molecule has 1 amide bonds. The van der Waals surface area contributed by atoms with Crippen molar-refractivity contribution in [2.45, 2.75) is 12.2 Å². The van der Waals surface area contributed by atoms with Crippen LogP contribution in [0.1, 0.15) is 11.7 Å². The van der Waals surface area contributed by atoms with Gasteiger partial charge in [0.05, 0.1) is 0 Å². The molecule has 0 aliphatic carbocycles. The first-order valence-corrected chi connectivity index (χ1v) is 6.39. The topological polar surface area (TPSA) is 41.6 Å². The van der Waals surface area contributed by atoms with Gasteiger partial charge in [-0.1, -0.05) is 41.9 Å². The molecule has 1 heterocycles. The van der Waals surface area contributed by atoms with Gasteiger partial charge in [0.15, 0.2) is 6.10 Å². The van der Waals surface area contributed by atoms with E-state index in [2.05, 4.69) is 5.32 Å². The maximum Gasteiger partial charge on any atom is 0.256 e. The van der Waals surface area contributed by atoms with Crippen LogP contribution in [0, 0.1) is 0 Å². The van der Waals surface area contributed by atoms with E-state index in [0.29, 0.717) is 5.02 Å². The summed E-state index contributed by atoms with van der Waals surface area (Å²) in [5, 5.41) is 3.50. The molecule has 0 saturated carbocycles. The minimum atomic E-state index is -0.415. The summed E-state index contributed by atoms with van der Waals surface area (Å²) in [6, 6.07) is 16.7. The van der Waals surface area contributed by atoms with Gasteiger partial charge in [0.25, 0.3) is 5.91 Å². The number of hydrogen-bond donors (Lipinski definition) is 1. The Morgan fingerprint density at radius 1 is 1.05 bits per heavy atom. The fourth-order valence-corrected chi connectivity index (χ4v) is 2.08. The number of ether oxygens (including phenoxy) is 1. The van der Waals surface area contributed by atoms with Crippen molar-refractivity contribution in [2.24, 2.45) is 0 Å². The summed E-state index contributed by atoms with van der Waals surface area (Å²) in [5.74, 6) is -0.119. The van der Waals surface area contributed by atoms with Gasteiger partial charge in [0.2, 0.25) is 0 Å². The van der Waals surface area contributed by atoms with Gasteiger partial charge in [-0.25, -0.2) is 0 Å². The highest BCUT2D eigenvalue weighted by Gasteiger charge is 2.46. The van der Waals surface area contributed by atoms with Gasteiger partial charge in [0, 0.05) is 10.7 Å². The van der Waals surface area contributed by atoms with Crippen molar-refractivity contribution in [3.05, 3.63) is 65.2 Å². The molecule has 1 fully saturated rings. The summed E-state index contributed by atoms with van der Waals surface area (Å²) in [7, 11) is 0. The van der Waals surface area contributed by atoms with Crippen molar-refractivity contribution < 1.29 is 9.53 Å². The molecule has 0 unspecified atom stereocenters. The van der Waals surface area contributed by atoms with Crippen LogP contribution in [-0.2, 0) is 9.53 Å². The Balaban J connectivity index is 1.63. The van der Waals surface area contributed by atoms with Crippen molar-refractivity contribution in [1.29, 1.82) is 0 Å². The number of epoxide rings is 1. The van der Waals surface area contributed by atoms with E-state index >= 15 is 0 Å². The largest absolute Gasteiger partial charge is 0.354 e. The van der Waals surface area contributed by atoms with Crippen LogP contribution >= 0.6 is 11.6 Å². The Morgan fingerprint density at radius 3 is 2.42 bits per heavy atom. The third-order valence-electron chi connectivity index (χ3n) is 2.99. The van der Waals surface area contributed by atoms with E-state index in [9.17, 15) is 4.79 Å². The predicted octanol–water partition coefficient (Wildman–Crippen LogP) is 3.42. The fourth-order valence-electron chi connectivity index (χ4n) is 1.95. The van der Waals surface area contributed by atoms with Crippen LogP contribution in [0.15, 0.2) is 54.6 Å².